The molecule has 2 amide bonds. The molecule has 1 N–H and O–H groups in total. The summed E-state index contributed by atoms with van der Waals surface area (Å²) < 4.78 is 6.46. The number of hydrogen-bond donors (Lipinski definition) is 1. The molecule has 3 atom stereocenters. The van der Waals surface area contributed by atoms with Crippen molar-refractivity contribution >= 4 is 24.0 Å². The second-order valence-corrected chi connectivity index (χ2v) is 9.58. The van der Waals surface area contributed by atoms with Crippen molar-refractivity contribution in [3.8, 4) is 17.1 Å². The molecule has 1 aliphatic carbocycles. The molecule has 0 radical (unpaired) electrons. The van der Waals surface area contributed by atoms with E-state index in [-0.39, 0.29) is 29.9 Å². The van der Waals surface area contributed by atoms with E-state index in [2.05, 4.69) is 32.1 Å². The standard InChI is InChI=1S/C27H28N6O3/c1-17(34)33-11-2-4-25(33)20-14-22-18(12-23(31-22)24-16-28-7-8-29-24)13-26(20)36-19-5-6-21(30-15-19)27(35)32-9-3-10-32/h5-8,12-16,20,25-26,31H,2-4,9-11H2,1H3/t20?,25-,26?/m1/s1. The van der Waals surface area contributed by atoms with Crippen LogP contribution >= 0.6 is 0 Å². The van der Waals surface area contributed by atoms with E-state index in [0.29, 0.717) is 11.4 Å². The van der Waals surface area contributed by atoms with Crippen LogP contribution in [0.4, 0.5) is 0 Å². The number of hydrogen-bond acceptors (Lipinski definition) is 6. The first-order chi connectivity index (χ1) is 17.6. The van der Waals surface area contributed by atoms with Gasteiger partial charge in [-0.1, -0.05) is 6.08 Å². The third-order valence-electron chi connectivity index (χ3n) is 7.32. The molecule has 6 rings (SSSR count). The van der Waals surface area contributed by atoms with Crippen molar-refractivity contribution < 1.29 is 14.3 Å². The second kappa shape index (κ2) is 9.22. The lowest BCUT2D eigenvalue weighted by Crippen LogP contribution is -2.47. The molecule has 0 aromatic carbocycles. The highest BCUT2D eigenvalue weighted by atomic mass is 16.5. The van der Waals surface area contributed by atoms with Crippen molar-refractivity contribution in [3.05, 3.63) is 59.2 Å². The number of likely N-dealkylation sites (tertiary alicyclic amines) is 2. The molecule has 0 spiro atoms. The van der Waals surface area contributed by atoms with E-state index in [0.717, 1.165) is 60.9 Å². The largest absolute Gasteiger partial charge is 0.484 e. The van der Waals surface area contributed by atoms with Gasteiger partial charge in [-0.2, -0.15) is 0 Å². The third-order valence-corrected chi connectivity index (χ3v) is 7.32. The van der Waals surface area contributed by atoms with Gasteiger partial charge in [-0.25, -0.2) is 4.98 Å². The summed E-state index contributed by atoms with van der Waals surface area (Å²) >= 11 is 0. The Morgan fingerprint density at radius 2 is 1.94 bits per heavy atom. The predicted octanol–water partition coefficient (Wildman–Crippen LogP) is 1.36. The Labute approximate surface area is 208 Å². The van der Waals surface area contributed by atoms with Crippen molar-refractivity contribution in [2.24, 2.45) is 5.92 Å². The van der Waals surface area contributed by atoms with Gasteiger partial charge in [0.05, 0.1) is 18.1 Å². The lowest BCUT2D eigenvalue weighted by molar-refractivity contribution is -0.130. The molecule has 5 heterocycles. The van der Waals surface area contributed by atoms with Crippen LogP contribution in [0.15, 0.2) is 43.0 Å². The van der Waals surface area contributed by atoms with Crippen molar-refractivity contribution in [3.63, 3.8) is 0 Å². The van der Waals surface area contributed by atoms with Gasteiger partial charge in [0.2, 0.25) is 5.91 Å². The zero-order valence-corrected chi connectivity index (χ0v) is 20.1. The summed E-state index contributed by atoms with van der Waals surface area (Å²) in [7, 11) is 0. The lowest BCUT2D eigenvalue weighted by atomic mass is 9.88. The summed E-state index contributed by atoms with van der Waals surface area (Å²) in [6, 6.07) is 5.62. The summed E-state index contributed by atoms with van der Waals surface area (Å²) in [5.74, 6) is 0.590. The Balaban J connectivity index is 1.33. The number of amides is 2. The number of fused-ring (bicyclic) bond motifs is 1. The molecule has 3 aromatic rings. The minimum absolute atomic E-state index is 0.0419. The molecule has 0 bridgehead atoms. The highest BCUT2D eigenvalue weighted by Gasteiger charge is 2.38. The normalized spacial score (nSPS) is 22.8. The number of H-pyrrole nitrogens is 1. The molecule has 9 heteroatoms. The van der Waals surface area contributed by atoms with Crippen LogP contribution in [0.5, 0.6) is 5.75 Å². The summed E-state index contributed by atoms with van der Waals surface area (Å²) in [6.07, 6.45) is 13.6. The minimum Gasteiger partial charge on any atom is -0.484 e. The third kappa shape index (κ3) is 4.14. The Bertz CT molecular complexity index is 1400. The number of aromatic amines is 1. The van der Waals surface area contributed by atoms with Crippen LogP contribution in [0.1, 0.15) is 36.7 Å². The molecule has 2 fully saturated rings. The Morgan fingerprint density at radius 3 is 2.64 bits per heavy atom. The van der Waals surface area contributed by atoms with Crippen molar-refractivity contribution in [1.82, 2.24) is 29.7 Å². The summed E-state index contributed by atoms with van der Waals surface area (Å²) in [5.41, 5.74) is 2.07. The van der Waals surface area contributed by atoms with E-state index >= 15 is 0 Å². The number of nitrogens with one attached hydrogen (secondary N) is 1. The smallest absolute Gasteiger partial charge is 0.272 e. The van der Waals surface area contributed by atoms with Gasteiger partial charge in [-0.05, 0) is 48.8 Å². The zero-order valence-electron chi connectivity index (χ0n) is 20.1. The van der Waals surface area contributed by atoms with Gasteiger partial charge in [-0.3, -0.25) is 19.6 Å². The number of pyridine rings is 1. The van der Waals surface area contributed by atoms with Gasteiger partial charge < -0.3 is 19.5 Å². The number of ether oxygens (including phenoxy) is 1. The summed E-state index contributed by atoms with van der Waals surface area (Å²) in [6.45, 7) is 3.97. The van der Waals surface area contributed by atoms with E-state index in [9.17, 15) is 9.59 Å². The molecule has 184 valence electrons. The Hall–Kier alpha value is -4.01. The van der Waals surface area contributed by atoms with E-state index in [1.165, 1.54) is 0 Å². The Kier molecular flexibility index (Phi) is 5.75. The van der Waals surface area contributed by atoms with Crippen LogP contribution in [-0.4, -0.2) is 73.3 Å². The SMILES string of the molecule is CC(=O)N1CCC[C@@H]1C1C=c2[nH]c(-c3cnccn3)cc2=CC1Oc1ccc(C(=O)N2CCC2)nc1. The number of rotatable bonds is 5. The summed E-state index contributed by atoms with van der Waals surface area (Å²) in [5, 5.41) is 2.01. The van der Waals surface area contributed by atoms with Gasteiger partial charge in [0.1, 0.15) is 23.2 Å². The second-order valence-electron chi connectivity index (χ2n) is 9.58. The average Bonchev–Trinajstić information content (AvgIpc) is 3.51. The summed E-state index contributed by atoms with van der Waals surface area (Å²) in [4.78, 5) is 45.0. The number of aromatic nitrogens is 4. The van der Waals surface area contributed by atoms with Crippen molar-refractivity contribution in [2.75, 3.05) is 19.6 Å². The molecule has 3 aromatic heterocycles. The van der Waals surface area contributed by atoms with Gasteiger partial charge in [-0.15, -0.1) is 0 Å². The van der Waals surface area contributed by atoms with E-state index in [4.69, 9.17) is 4.74 Å². The lowest BCUT2D eigenvalue weighted by Gasteiger charge is -2.34. The first-order valence-corrected chi connectivity index (χ1v) is 12.4. The topological polar surface area (TPSA) is 104 Å². The highest BCUT2D eigenvalue weighted by Crippen LogP contribution is 2.31. The van der Waals surface area contributed by atoms with Crippen LogP contribution in [0.2, 0.25) is 0 Å². The van der Waals surface area contributed by atoms with E-state index in [1.54, 1.807) is 48.7 Å². The maximum absolute atomic E-state index is 12.5. The molecule has 2 aliphatic heterocycles. The number of carbonyl (C=O) groups is 2. The maximum atomic E-state index is 12.5. The fraction of sp³-hybridized carbons (Fsp3) is 0.370. The van der Waals surface area contributed by atoms with Crippen LogP contribution in [0, 0.1) is 5.92 Å². The fourth-order valence-corrected chi connectivity index (χ4v) is 5.36. The van der Waals surface area contributed by atoms with Gasteiger partial charge in [0, 0.05) is 56.3 Å². The van der Waals surface area contributed by atoms with Crippen molar-refractivity contribution in [2.45, 2.75) is 38.3 Å². The van der Waals surface area contributed by atoms with E-state index < -0.39 is 0 Å². The molecule has 9 nitrogen and oxygen atoms in total. The van der Waals surface area contributed by atoms with Crippen LogP contribution in [0.25, 0.3) is 23.5 Å². The molecular formula is C27H28N6O3. The minimum atomic E-state index is -0.299. The Morgan fingerprint density at radius 1 is 1.06 bits per heavy atom. The fourth-order valence-electron chi connectivity index (χ4n) is 5.36. The van der Waals surface area contributed by atoms with Gasteiger partial charge >= 0.3 is 0 Å². The van der Waals surface area contributed by atoms with Crippen molar-refractivity contribution in [1.29, 1.82) is 0 Å². The molecule has 2 unspecified atom stereocenters. The molecule has 0 saturated carbocycles. The quantitative estimate of drug-likeness (QED) is 0.587. The predicted molar refractivity (Wildman–Crippen MR) is 133 cm³/mol. The van der Waals surface area contributed by atoms with E-state index in [1.807, 2.05) is 11.0 Å². The monoisotopic (exact) mass is 484 g/mol. The molecule has 2 saturated heterocycles. The van der Waals surface area contributed by atoms with Crippen LogP contribution < -0.4 is 15.3 Å². The first-order valence-electron chi connectivity index (χ1n) is 12.4. The first kappa shape index (κ1) is 22.5. The number of carbonyl (C=O) groups excluding carboxylic acids is 2. The van der Waals surface area contributed by atoms with Crippen LogP contribution in [-0.2, 0) is 4.79 Å². The zero-order chi connectivity index (χ0) is 24.6. The molecular weight excluding hydrogens is 456 g/mol. The average molecular weight is 485 g/mol. The van der Waals surface area contributed by atoms with Gasteiger partial charge in [0.15, 0.2) is 0 Å². The molecule has 36 heavy (non-hydrogen) atoms. The van der Waals surface area contributed by atoms with Gasteiger partial charge in [0.25, 0.3) is 5.91 Å². The van der Waals surface area contributed by atoms with Crippen LogP contribution in [0.3, 0.4) is 0 Å². The number of nitrogens with zero attached hydrogens (tertiary/aromatic N) is 5. The molecule has 3 aliphatic rings. The highest BCUT2D eigenvalue weighted by molar-refractivity contribution is 5.92. The maximum Gasteiger partial charge on any atom is 0.272 e.